The first-order valence-electron chi connectivity index (χ1n) is 7.81. The van der Waals surface area contributed by atoms with Crippen LogP contribution in [0.1, 0.15) is 20.7 Å². The number of pyridine rings is 1. The van der Waals surface area contributed by atoms with Gasteiger partial charge in [0.1, 0.15) is 0 Å². The lowest BCUT2D eigenvalue weighted by atomic mass is 10.2. The molecule has 0 saturated heterocycles. The van der Waals surface area contributed by atoms with Crippen LogP contribution in [0.15, 0.2) is 83.3 Å². The van der Waals surface area contributed by atoms with Crippen molar-refractivity contribution in [2.75, 3.05) is 5.48 Å². The third kappa shape index (κ3) is 5.20. The molecule has 27 heavy (non-hydrogen) atoms. The van der Waals surface area contributed by atoms with Crippen molar-refractivity contribution in [2.45, 2.75) is 0 Å². The number of hydrogen-bond donors (Lipinski definition) is 1. The molecular weight excluding hydrogens is 368 g/mol. The maximum absolute atomic E-state index is 11.9. The number of aromatic nitrogens is 1. The Morgan fingerprint density at radius 3 is 2.41 bits per heavy atom. The topological polar surface area (TPSA) is 93.0 Å². The van der Waals surface area contributed by atoms with E-state index in [9.17, 15) is 9.59 Å². The van der Waals surface area contributed by atoms with E-state index < -0.39 is 11.9 Å². The molecule has 3 aromatic rings. The van der Waals surface area contributed by atoms with E-state index in [-0.39, 0.29) is 0 Å². The van der Waals surface area contributed by atoms with E-state index >= 15 is 0 Å². The van der Waals surface area contributed by atoms with Crippen LogP contribution in [-0.2, 0) is 4.84 Å². The zero-order valence-corrected chi connectivity index (χ0v) is 14.6. The molecule has 134 valence electrons. The molecule has 0 saturated carbocycles. The fourth-order valence-corrected chi connectivity index (χ4v) is 2.22. The molecule has 8 heteroatoms. The van der Waals surface area contributed by atoms with E-state index in [1.54, 1.807) is 54.6 Å². The van der Waals surface area contributed by atoms with Gasteiger partial charge in [0.2, 0.25) is 0 Å². The summed E-state index contributed by atoms with van der Waals surface area (Å²) >= 11 is 5.84. The van der Waals surface area contributed by atoms with Gasteiger partial charge in [-0.3, -0.25) is 9.78 Å². The number of nitrogens with one attached hydrogen (secondary N) is 1. The number of hydrogen-bond acceptors (Lipinski definition) is 6. The molecule has 1 N–H and O–H groups in total. The Labute approximate surface area is 159 Å². The molecule has 7 nitrogen and oxygen atoms in total. The summed E-state index contributed by atoms with van der Waals surface area (Å²) in [5.74, 6) is -1.03. The zero-order valence-electron chi connectivity index (χ0n) is 13.9. The van der Waals surface area contributed by atoms with Gasteiger partial charge in [0.05, 0.1) is 16.9 Å². The van der Waals surface area contributed by atoms with Gasteiger partial charge in [0.15, 0.2) is 0 Å². The number of carbonyl (C=O) groups excluding carboxylic acids is 2. The van der Waals surface area contributed by atoms with Crippen molar-refractivity contribution in [2.24, 2.45) is 10.2 Å². The first-order chi connectivity index (χ1) is 13.1. The standard InChI is InChI=1S/C19H13ClN4O3/c20-15-3-1-2-14(12-15)19(26)27-24-17-6-4-16(5-7-17)22-23-18(25)13-8-10-21-11-9-13/h1-12,24H. The summed E-state index contributed by atoms with van der Waals surface area (Å²) in [6.07, 6.45) is 3.02. The van der Waals surface area contributed by atoms with Crippen LogP contribution in [0.4, 0.5) is 11.4 Å². The second-order valence-corrected chi connectivity index (χ2v) is 5.73. The van der Waals surface area contributed by atoms with Crippen LogP contribution in [-0.4, -0.2) is 16.9 Å². The first-order valence-corrected chi connectivity index (χ1v) is 8.18. The quantitative estimate of drug-likeness (QED) is 0.504. The van der Waals surface area contributed by atoms with Gasteiger partial charge in [-0.05, 0) is 54.6 Å². The Balaban J connectivity index is 1.56. The molecule has 3 rings (SSSR count). The Kier molecular flexibility index (Phi) is 5.86. The largest absolute Gasteiger partial charge is 0.362 e. The lowest BCUT2D eigenvalue weighted by Crippen LogP contribution is -2.10. The van der Waals surface area contributed by atoms with Crippen molar-refractivity contribution in [1.82, 2.24) is 4.98 Å². The number of amides is 1. The fraction of sp³-hybridized carbons (Fsp3) is 0. The summed E-state index contributed by atoms with van der Waals surface area (Å²) in [4.78, 5) is 32.6. The second kappa shape index (κ2) is 8.68. The lowest BCUT2D eigenvalue weighted by Gasteiger charge is -2.07. The Morgan fingerprint density at radius 1 is 0.963 bits per heavy atom. The van der Waals surface area contributed by atoms with Crippen molar-refractivity contribution < 1.29 is 14.4 Å². The maximum Gasteiger partial charge on any atom is 0.362 e. The molecule has 1 amide bonds. The molecule has 1 heterocycles. The molecule has 0 radical (unpaired) electrons. The monoisotopic (exact) mass is 380 g/mol. The average Bonchev–Trinajstić information content (AvgIpc) is 2.71. The molecule has 0 unspecified atom stereocenters. The van der Waals surface area contributed by atoms with Crippen LogP contribution in [0.5, 0.6) is 0 Å². The molecule has 0 spiro atoms. The van der Waals surface area contributed by atoms with Gasteiger partial charge in [-0.25, -0.2) is 10.3 Å². The minimum atomic E-state index is -0.566. The number of rotatable bonds is 5. The highest BCUT2D eigenvalue weighted by molar-refractivity contribution is 6.30. The molecule has 0 atom stereocenters. The summed E-state index contributed by atoms with van der Waals surface area (Å²) in [5, 5.41) is 7.98. The van der Waals surface area contributed by atoms with E-state index in [4.69, 9.17) is 16.4 Å². The number of nitrogens with zero attached hydrogens (tertiary/aromatic N) is 3. The van der Waals surface area contributed by atoms with E-state index in [2.05, 4.69) is 20.7 Å². The van der Waals surface area contributed by atoms with Gasteiger partial charge >= 0.3 is 5.97 Å². The minimum Gasteiger partial charge on any atom is -0.338 e. The minimum absolute atomic E-state index is 0.329. The van der Waals surface area contributed by atoms with Crippen LogP contribution in [0.25, 0.3) is 0 Å². The van der Waals surface area contributed by atoms with Crippen molar-refractivity contribution in [3.05, 3.63) is 89.2 Å². The molecule has 1 aromatic heterocycles. The van der Waals surface area contributed by atoms with Crippen LogP contribution in [0.3, 0.4) is 0 Å². The average molecular weight is 381 g/mol. The highest BCUT2D eigenvalue weighted by Gasteiger charge is 2.08. The van der Waals surface area contributed by atoms with Gasteiger partial charge in [0, 0.05) is 23.0 Å². The fourth-order valence-electron chi connectivity index (χ4n) is 2.03. The summed E-state index contributed by atoms with van der Waals surface area (Å²) in [6.45, 7) is 0. The molecule has 0 bridgehead atoms. The van der Waals surface area contributed by atoms with Crippen LogP contribution in [0.2, 0.25) is 5.02 Å². The maximum atomic E-state index is 11.9. The summed E-state index contributed by atoms with van der Waals surface area (Å²) in [6, 6.07) is 16.1. The van der Waals surface area contributed by atoms with Crippen molar-refractivity contribution >= 4 is 34.9 Å². The smallest absolute Gasteiger partial charge is 0.338 e. The molecule has 0 aliphatic rings. The number of halogens is 1. The van der Waals surface area contributed by atoms with Crippen molar-refractivity contribution in [3.63, 3.8) is 0 Å². The lowest BCUT2D eigenvalue weighted by molar-refractivity contribution is 0.0596. The normalized spacial score (nSPS) is 10.6. The van der Waals surface area contributed by atoms with Gasteiger partial charge in [-0.2, -0.15) is 0 Å². The van der Waals surface area contributed by atoms with Crippen molar-refractivity contribution in [1.29, 1.82) is 0 Å². The first kappa shape index (κ1) is 18.2. The number of azo groups is 1. The van der Waals surface area contributed by atoms with Gasteiger partial charge in [0.25, 0.3) is 5.91 Å². The third-order valence-corrected chi connectivity index (χ3v) is 3.61. The molecular formula is C19H13ClN4O3. The highest BCUT2D eigenvalue weighted by atomic mass is 35.5. The molecule has 2 aromatic carbocycles. The predicted octanol–water partition coefficient (Wildman–Crippen LogP) is 4.84. The van der Waals surface area contributed by atoms with Crippen LogP contribution >= 0.6 is 11.6 Å². The summed E-state index contributed by atoms with van der Waals surface area (Å²) in [5.41, 5.74) is 4.28. The number of benzene rings is 2. The van der Waals surface area contributed by atoms with Gasteiger partial charge < -0.3 is 4.84 Å². The molecule has 0 aliphatic heterocycles. The number of anilines is 1. The zero-order chi connectivity index (χ0) is 19.1. The highest BCUT2D eigenvalue weighted by Crippen LogP contribution is 2.18. The number of carbonyl (C=O) groups is 2. The summed E-state index contributed by atoms with van der Waals surface area (Å²) < 4.78 is 0. The molecule has 0 aliphatic carbocycles. The Hall–Kier alpha value is -3.58. The van der Waals surface area contributed by atoms with Crippen LogP contribution in [0, 0.1) is 0 Å². The van der Waals surface area contributed by atoms with Crippen molar-refractivity contribution in [3.8, 4) is 0 Å². The predicted molar refractivity (Wildman–Crippen MR) is 100 cm³/mol. The van der Waals surface area contributed by atoms with E-state index in [1.807, 2.05) is 0 Å². The third-order valence-electron chi connectivity index (χ3n) is 3.37. The Bertz CT molecular complexity index is 976. The molecule has 0 fully saturated rings. The van der Waals surface area contributed by atoms with E-state index in [0.717, 1.165) is 0 Å². The van der Waals surface area contributed by atoms with Crippen LogP contribution < -0.4 is 5.48 Å². The van der Waals surface area contributed by atoms with E-state index in [0.29, 0.717) is 27.5 Å². The summed E-state index contributed by atoms with van der Waals surface area (Å²) in [7, 11) is 0. The van der Waals surface area contributed by atoms with Gasteiger partial charge in [-0.1, -0.05) is 17.7 Å². The van der Waals surface area contributed by atoms with Gasteiger partial charge in [-0.15, -0.1) is 10.2 Å². The SMILES string of the molecule is O=C(N=Nc1ccc(NOC(=O)c2cccc(Cl)c2)cc1)c1ccncc1. The second-order valence-electron chi connectivity index (χ2n) is 5.29. The Morgan fingerprint density at radius 2 is 1.70 bits per heavy atom. The van der Waals surface area contributed by atoms with E-state index in [1.165, 1.54) is 18.5 Å².